The minimum atomic E-state index is -0.669. The molecule has 1 aromatic rings. The van der Waals surface area contributed by atoms with Crippen LogP contribution < -0.4 is 10.2 Å². The third-order valence-electron chi connectivity index (χ3n) is 3.09. The van der Waals surface area contributed by atoms with Crippen LogP contribution in [0.2, 0.25) is 5.28 Å². The predicted molar refractivity (Wildman–Crippen MR) is 79.3 cm³/mol. The SMILES string of the molecule is CNc1nc(Cl)nc(N2CCN(CC(C)(C)O)CC2)n1. The Bertz CT molecular complexity index is 456. The fourth-order valence-corrected chi connectivity index (χ4v) is 2.40. The molecule has 2 N–H and O–H groups in total. The van der Waals surface area contributed by atoms with Crippen molar-refractivity contribution in [3.8, 4) is 0 Å². The van der Waals surface area contributed by atoms with Gasteiger partial charge in [0.15, 0.2) is 0 Å². The van der Waals surface area contributed by atoms with E-state index in [-0.39, 0.29) is 5.28 Å². The molecule has 0 bridgehead atoms. The molecule has 8 heteroatoms. The van der Waals surface area contributed by atoms with Crippen LogP contribution in [0.25, 0.3) is 0 Å². The topological polar surface area (TPSA) is 77.4 Å². The summed E-state index contributed by atoms with van der Waals surface area (Å²) in [6, 6.07) is 0. The summed E-state index contributed by atoms with van der Waals surface area (Å²) in [7, 11) is 1.75. The van der Waals surface area contributed by atoms with Gasteiger partial charge in [-0.1, -0.05) is 0 Å². The van der Waals surface area contributed by atoms with Crippen LogP contribution in [0.3, 0.4) is 0 Å². The monoisotopic (exact) mass is 300 g/mol. The molecule has 1 fully saturated rings. The van der Waals surface area contributed by atoms with E-state index in [2.05, 4.69) is 30.1 Å². The molecule has 0 unspecified atom stereocenters. The molecule has 20 heavy (non-hydrogen) atoms. The summed E-state index contributed by atoms with van der Waals surface area (Å²) in [6.45, 7) is 7.65. The Balaban J connectivity index is 1.98. The summed E-state index contributed by atoms with van der Waals surface area (Å²) >= 11 is 5.89. The van der Waals surface area contributed by atoms with Crippen molar-refractivity contribution in [1.82, 2.24) is 19.9 Å². The van der Waals surface area contributed by atoms with Crippen LogP contribution in [0.4, 0.5) is 11.9 Å². The maximum atomic E-state index is 9.84. The lowest BCUT2D eigenvalue weighted by Crippen LogP contribution is -2.51. The first-order chi connectivity index (χ1) is 9.37. The minimum absolute atomic E-state index is 0.193. The smallest absolute Gasteiger partial charge is 0.231 e. The first-order valence-electron chi connectivity index (χ1n) is 6.66. The average molecular weight is 301 g/mol. The van der Waals surface area contributed by atoms with Crippen molar-refractivity contribution in [2.24, 2.45) is 0 Å². The van der Waals surface area contributed by atoms with Crippen LogP contribution >= 0.6 is 11.6 Å². The molecule has 1 aromatic heterocycles. The number of aliphatic hydroxyl groups is 1. The van der Waals surface area contributed by atoms with Crippen LogP contribution in [0.15, 0.2) is 0 Å². The van der Waals surface area contributed by atoms with Gasteiger partial charge in [-0.3, -0.25) is 4.90 Å². The van der Waals surface area contributed by atoms with Gasteiger partial charge < -0.3 is 15.3 Å². The lowest BCUT2D eigenvalue weighted by molar-refractivity contribution is 0.0344. The molecule has 2 rings (SSSR count). The highest BCUT2D eigenvalue weighted by Gasteiger charge is 2.24. The first-order valence-corrected chi connectivity index (χ1v) is 7.04. The number of aromatic nitrogens is 3. The summed E-state index contributed by atoms with van der Waals surface area (Å²) in [5, 5.41) is 12.9. The van der Waals surface area contributed by atoms with Gasteiger partial charge in [0.2, 0.25) is 17.2 Å². The van der Waals surface area contributed by atoms with E-state index in [1.807, 2.05) is 13.8 Å². The fourth-order valence-electron chi connectivity index (χ4n) is 2.25. The van der Waals surface area contributed by atoms with Crippen molar-refractivity contribution in [1.29, 1.82) is 0 Å². The maximum absolute atomic E-state index is 9.84. The highest BCUT2D eigenvalue weighted by molar-refractivity contribution is 6.28. The van der Waals surface area contributed by atoms with Gasteiger partial charge in [0, 0.05) is 39.8 Å². The molecule has 1 saturated heterocycles. The zero-order valence-corrected chi connectivity index (χ0v) is 12.9. The third-order valence-corrected chi connectivity index (χ3v) is 3.25. The summed E-state index contributed by atoms with van der Waals surface area (Å²) < 4.78 is 0. The molecular weight excluding hydrogens is 280 g/mol. The predicted octanol–water partition coefficient (Wildman–Crippen LogP) is 0.460. The highest BCUT2D eigenvalue weighted by atomic mass is 35.5. The minimum Gasteiger partial charge on any atom is -0.389 e. The zero-order valence-electron chi connectivity index (χ0n) is 12.1. The van der Waals surface area contributed by atoms with Crippen molar-refractivity contribution in [2.75, 3.05) is 50.0 Å². The van der Waals surface area contributed by atoms with Crippen molar-refractivity contribution in [3.63, 3.8) is 0 Å². The molecule has 112 valence electrons. The number of rotatable bonds is 4. The van der Waals surface area contributed by atoms with Crippen molar-refractivity contribution < 1.29 is 5.11 Å². The van der Waals surface area contributed by atoms with Gasteiger partial charge in [-0.2, -0.15) is 15.0 Å². The Hall–Kier alpha value is -1.18. The van der Waals surface area contributed by atoms with Crippen LogP contribution in [-0.2, 0) is 0 Å². The molecule has 0 saturated carbocycles. The van der Waals surface area contributed by atoms with Gasteiger partial charge in [-0.25, -0.2) is 0 Å². The summed E-state index contributed by atoms with van der Waals surface area (Å²) in [6.07, 6.45) is 0. The molecule has 0 aliphatic carbocycles. The highest BCUT2D eigenvalue weighted by Crippen LogP contribution is 2.16. The molecule has 0 aromatic carbocycles. The van der Waals surface area contributed by atoms with E-state index in [9.17, 15) is 5.11 Å². The summed E-state index contributed by atoms with van der Waals surface area (Å²) in [5.41, 5.74) is -0.669. The first kappa shape index (κ1) is 15.2. The van der Waals surface area contributed by atoms with Crippen molar-refractivity contribution in [2.45, 2.75) is 19.4 Å². The standard InChI is InChI=1S/C12H21ClN6O/c1-12(2,20)8-18-4-6-19(7-5-18)11-16-9(13)15-10(14-3)17-11/h20H,4-8H2,1-3H3,(H,14,15,16,17). The van der Waals surface area contributed by atoms with Gasteiger partial charge in [-0.15, -0.1) is 0 Å². The molecule has 0 amide bonds. The van der Waals surface area contributed by atoms with E-state index in [1.165, 1.54) is 0 Å². The van der Waals surface area contributed by atoms with E-state index < -0.39 is 5.60 Å². The van der Waals surface area contributed by atoms with Crippen molar-refractivity contribution >= 4 is 23.5 Å². The number of hydrogen-bond acceptors (Lipinski definition) is 7. The lowest BCUT2D eigenvalue weighted by atomic mass is 10.1. The molecule has 1 aliphatic heterocycles. The molecular formula is C12H21ClN6O. The van der Waals surface area contributed by atoms with E-state index >= 15 is 0 Å². The van der Waals surface area contributed by atoms with Crippen molar-refractivity contribution in [3.05, 3.63) is 5.28 Å². The van der Waals surface area contributed by atoms with E-state index in [4.69, 9.17) is 11.6 Å². The third kappa shape index (κ3) is 4.16. The second-order valence-corrected chi connectivity index (χ2v) is 5.89. The van der Waals surface area contributed by atoms with Crippen LogP contribution in [-0.4, -0.2) is 70.3 Å². The molecule has 0 radical (unpaired) electrons. The quantitative estimate of drug-likeness (QED) is 0.836. The number of nitrogens with zero attached hydrogens (tertiary/aromatic N) is 5. The number of halogens is 1. The summed E-state index contributed by atoms with van der Waals surface area (Å²) in [5.74, 6) is 1.07. The largest absolute Gasteiger partial charge is 0.389 e. The van der Waals surface area contributed by atoms with Gasteiger partial charge in [0.1, 0.15) is 0 Å². The number of nitrogens with one attached hydrogen (secondary N) is 1. The van der Waals surface area contributed by atoms with Crippen LogP contribution in [0.5, 0.6) is 0 Å². The second kappa shape index (κ2) is 6.07. The Labute approximate surface area is 124 Å². The average Bonchev–Trinajstić information content (AvgIpc) is 2.37. The Morgan fingerprint density at radius 1 is 1.20 bits per heavy atom. The lowest BCUT2D eigenvalue weighted by Gasteiger charge is -2.37. The number of β-amino-alcohol motifs (C(OH)–C–C–N with tert-alkyl or cyclic N) is 1. The molecule has 7 nitrogen and oxygen atoms in total. The summed E-state index contributed by atoms with van der Waals surface area (Å²) in [4.78, 5) is 16.8. The fraction of sp³-hybridized carbons (Fsp3) is 0.750. The van der Waals surface area contributed by atoms with Gasteiger partial charge in [0.05, 0.1) is 5.60 Å². The molecule has 2 heterocycles. The molecule has 0 spiro atoms. The molecule has 1 aliphatic rings. The van der Waals surface area contributed by atoms with Gasteiger partial charge >= 0.3 is 0 Å². The number of anilines is 2. The normalized spacial score (nSPS) is 17.4. The van der Waals surface area contributed by atoms with E-state index in [0.717, 1.165) is 26.2 Å². The zero-order chi connectivity index (χ0) is 14.8. The second-order valence-electron chi connectivity index (χ2n) is 5.55. The van der Waals surface area contributed by atoms with E-state index in [1.54, 1.807) is 7.05 Å². The Morgan fingerprint density at radius 2 is 1.85 bits per heavy atom. The van der Waals surface area contributed by atoms with Crippen LogP contribution in [0.1, 0.15) is 13.8 Å². The Morgan fingerprint density at radius 3 is 2.40 bits per heavy atom. The van der Waals surface area contributed by atoms with E-state index in [0.29, 0.717) is 18.4 Å². The number of hydrogen-bond donors (Lipinski definition) is 2. The van der Waals surface area contributed by atoms with Gasteiger partial charge in [0.25, 0.3) is 0 Å². The van der Waals surface area contributed by atoms with Crippen LogP contribution in [0, 0.1) is 0 Å². The maximum Gasteiger partial charge on any atom is 0.231 e. The van der Waals surface area contributed by atoms with Gasteiger partial charge in [-0.05, 0) is 25.4 Å². The number of piperazine rings is 1. The Kier molecular flexibility index (Phi) is 4.62. The molecule has 0 atom stereocenters.